The van der Waals surface area contributed by atoms with E-state index in [2.05, 4.69) is 13.8 Å². The zero-order chi connectivity index (χ0) is 13.1. The third-order valence-corrected chi connectivity index (χ3v) is 3.45. The summed E-state index contributed by atoms with van der Waals surface area (Å²) in [6, 6.07) is 0. The Labute approximate surface area is 106 Å². The van der Waals surface area contributed by atoms with Crippen molar-refractivity contribution in [3.8, 4) is 0 Å². The molecule has 0 radical (unpaired) electrons. The van der Waals surface area contributed by atoms with Gasteiger partial charge >= 0.3 is 0 Å². The molecular formula is C14H29NO2. The molecule has 1 heterocycles. The van der Waals surface area contributed by atoms with Gasteiger partial charge in [0.15, 0.2) is 0 Å². The lowest BCUT2D eigenvalue weighted by Crippen LogP contribution is -2.46. The number of rotatable bonds is 6. The number of carbonyl (C=O) groups is 1. The monoisotopic (exact) mass is 243 g/mol. The summed E-state index contributed by atoms with van der Waals surface area (Å²) in [5, 5.41) is 8.89. The van der Waals surface area contributed by atoms with Crippen molar-refractivity contribution in [1.29, 1.82) is 0 Å². The molecule has 0 aromatic carbocycles. The zero-order valence-corrected chi connectivity index (χ0v) is 11.8. The molecule has 102 valence electrons. The quantitative estimate of drug-likeness (QED) is 0.528. The van der Waals surface area contributed by atoms with Gasteiger partial charge in [-0.15, -0.1) is 0 Å². The van der Waals surface area contributed by atoms with Crippen LogP contribution in [-0.2, 0) is 4.79 Å². The largest absolute Gasteiger partial charge is 0.550 e. The van der Waals surface area contributed by atoms with Crippen molar-refractivity contribution in [2.45, 2.75) is 59.3 Å². The minimum atomic E-state index is -1.08. The summed E-state index contributed by atoms with van der Waals surface area (Å²) in [6.45, 7) is 11.4. The summed E-state index contributed by atoms with van der Waals surface area (Å²) in [7, 11) is 0. The maximum Gasteiger partial charge on any atom is 0.0788 e. The molecule has 1 aliphatic heterocycles. The molecule has 0 atom stereocenters. The van der Waals surface area contributed by atoms with Gasteiger partial charge in [0.05, 0.1) is 26.2 Å². The maximum absolute atomic E-state index is 8.89. The van der Waals surface area contributed by atoms with E-state index in [0.717, 1.165) is 6.92 Å². The van der Waals surface area contributed by atoms with Crippen molar-refractivity contribution in [1.82, 2.24) is 0 Å². The molecule has 0 amide bonds. The number of hydrogen-bond donors (Lipinski definition) is 0. The number of carbonyl (C=O) groups excluding carboxylic acids is 1. The Balaban J connectivity index is 0.000000557. The second kappa shape index (κ2) is 9.46. The average molecular weight is 243 g/mol. The molecule has 17 heavy (non-hydrogen) atoms. The van der Waals surface area contributed by atoms with Crippen LogP contribution in [0.4, 0.5) is 0 Å². The molecule has 0 bridgehead atoms. The predicted octanol–water partition coefficient (Wildman–Crippen LogP) is 1.95. The van der Waals surface area contributed by atoms with Crippen molar-refractivity contribution in [2.24, 2.45) is 0 Å². The number of nitrogens with zero attached hydrogens (tertiary/aromatic N) is 1. The topological polar surface area (TPSA) is 40.1 Å². The molecule has 1 aliphatic rings. The summed E-state index contributed by atoms with van der Waals surface area (Å²) in [5.74, 6) is -1.08. The first-order chi connectivity index (χ1) is 8.06. The number of hydrogen-bond acceptors (Lipinski definition) is 2. The first-order valence-corrected chi connectivity index (χ1v) is 7.09. The summed E-state index contributed by atoms with van der Waals surface area (Å²) in [6.07, 6.45) is 8.58. The number of aliphatic carboxylic acids is 1. The van der Waals surface area contributed by atoms with Crippen LogP contribution < -0.4 is 5.11 Å². The lowest BCUT2D eigenvalue weighted by molar-refractivity contribution is -0.917. The van der Waals surface area contributed by atoms with Gasteiger partial charge in [-0.25, -0.2) is 0 Å². The summed E-state index contributed by atoms with van der Waals surface area (Å²) in [4.78, 5) is 8.89. The number of carboxylic acids is 1. The number of carboxylic acid groups (broad SMARTS) is 1. The van der Waals surface area contributed by atoms with Gasteiger partial charge in [-0.05, 0) is 26.2 Å². The van der Waals surface area contributed by atoms with Gasteiger partial charge in [-0.1, -0.05) is 20.3 Å². The second-order valence-electron chi connectivity index (χ2n) is 5.14. The first-order valence-electron chi connectivity index (χ1n) is 7.09. The molecule has 1 rings (SSSR count). The maximum atomic E-state index is 8.89. The second-order valence-corrected chi connectivity index (χ2v) is 5.14. The van der Waals surface area contributed by atoms with E-state index in [1.807, 2.05) is 0 Å². The molecular weight excluding hydrogens is 214 g/mol. The highest BCUT2D eigenvalue weighted by atomic mass is 16.4. The normalized spacial score (nSPS) is 17.4. The molecule has 0 aromatic rings. The first kappa shape index (κ1) is 16.4. The van der Waals surface area contributed by atoms with Crippen molar-refractivity contribution in [3.63, 3.8) is 0 Å². The number of quaternary nitrogens is 1. The SMILES string of the molecule is CC(=O)[O-].CCCCC[N+]1(CCC)CCCC1. The van der Waals surface area contributed by atoms with Crippen LogP contribution in [0.3, 0.4) is 0 Å². The Kier molecular flexibility index (Phi) is 9.14. The van der Waals surface area contributed by atoms with Crippen LogP contribution in [0.5, 0.6) is 0 Å². The third kappa shape index (κ3) is 8.19. The predicted molar refractivity (Wildman–Crippen MR) is 69.5 cm³/mol. The Bertz CT molecular complexity index is 194. The molecule has 3 heteroatoms. The van der Waals surface area contributed by atoms with E-state index in [1.54, 1.807) is 0 Å². The number of likely N-dealkylation sites (tertiary alicyclic amines) is 1. The molecule has 1 fully saturated rings. The fraction of sp³-hybridized carbons (Fsp3) is 0.929. The van der Waals surface area contributed by atoms with Crippen molar-refractivity contribution < 1.29 is 14.4 Å². The van der Waals surface area contributed by atoms with Gasteiger partial charge in [0.25, 0.3) is 0 Å². The van der Waals surface area contributed by atoms with E-state index in [0.29, 0.717) is 0 Å². The van der Waals surface area contributed by atoms with E-state index in [9.17, 15) is 0 Å². The Morgan fingerprint density at radius 2 is 1.59 bits per heavy atom. The highest BCUT2D eigenvalue weighted by Gasteiger charge is 2.29. The molecule has 0 unspecified atom stereocenters. The van der Waals surface area contributed by atoms with E-state index in [-0.39, 0.29) is 0 Å². The van der Waals surface area contributed by atoms with E-state index in [4.69, 9.17) is 9.90 Å². The Hall–Kier alpha value is -0.570. The molecule has 0 aromatic heterocycles. The summed E-state index contributed by atoms with van der Waals surface area (Å²) in [5.41, 5.74) is 0. The summed E-state index contributed by atoms with van der Waals surface area (Å²) >= 11 is 0. The average Bonchev–Trinajstić information content (AvgIpc) is 2.67. The van der Waals surface area contributed by atoms with Crippen LogP contribution in [0.2, 0.25) is 0 Å². The standard InChI is InChI=1S/C12H26N.C2H4O2/c1-3-5-6-10-13(9-4-2)11-7-8-12-13;1-2(3)4/h3-12H2,1-2H3;1H3,(H,3,4)/q+1;/p-1. The van der Waals surface area contributed by atoms with Gasteiger partial charge in [0.1, 0.15) is 0 Å². The van der Waals surface area contributed by atoms with Crippen molar-refractivity contribution in [3.05, 3.63) is 0 Å². The van der Waals surface area contributed by atoms with Crippen LogP contribution >= 0.6 is 0 Å². The zero-order valence-electron chi connectivity index (χ0n) is 11.8. The Morgan fingerprint density at radius 3 is 2.00 bits per heavy atom. The lowest BCUT2D eigenvalue weighted by Gasteiger charge is -2.34. The van der Waals surface area contributed by atoms with Crippen LogP contribution in [0.25, 0.3) is 0 Å². The molecule has 0 aliphatic carbocycles. The van der Waals surface area contributed by atoms with Gasteiger partial charge in [-0.2, -0.15) is 0 Å². The highest BCUT2D eigenvalue weighted by Crippen LogP contribution is 2.21. The van der Waals surface area contributed by atoms with E-state index in [1.165, 1.54) is 69.2 Å². The fourth-order valence-corrected chi connectivity index (χ4v) is 2.74. The molecule has 0 N–H and O–H groups in total. The Morgan fingerprint density at radius 1 is 1.06 bits per heavy atom. The molecule has 0 saturated carbocycles. The van der Waals surface area contributed by atoms with Crippen molar-refractivity contribution in [2.75, 3.05) is 26.2 Å². The smallest absolute Gasteiger partial charge is 0.0788 e. The van der Waals surface area contributed by atoms with Crippen LogP contribution in [0.15, 0.2) is 0 Å². The van der Waals surface area contributed by atoms with Crippen LogP contribution in [-0.4, -0.2) is 36.6 Å². The highest BCUT2D eigenvalue weighted by molar-refractivity contribution is 5.60. The summed E-state index contributed by atoms with van der Waals surface area (Å²) < 4.78 is 1.45. The van der Waals surface area contributed by atoms with Gasteiger partial charge in [0.2, 0.25) is 0 Å². The number of unbranched alkanes of at least 4 members (excludes halogenated alkanes) is 2. The molecule has 3 nitrogen and oxygen atoms in total. The van der Waals surface area contributed by atoms with Crippen LogP contribution in [0, 0.1) is 0 Å². The fourth-order valence-electron chi connectivity index (χ4n) is 2.74. The van der Waals surface area contributed by atoms with Crippen LogP contribution in [0.1, 0.15) is 59.3 Å². The molecule has 0 spiro atoms. The molecule has 1 saturated heterocycles. The lowest BCUT2D eigenvalue weighted by atomic mass is 10.2. The van der Waals surface area contributed by atoms with Crippen molar-refractivity contribution >= 4 is 5.97 Å². The minimum Gasteiger partial charge on any atom is -0.550 e. The van der Waals surface area contributed by atoms with Gasteiger partial charge < -0.3 is 14.4 Å². The van der Waals surface area contributed by atoms with Gasteiger partial charge in [-0.3, -0.25) is 0 Å². The van der Waals surface area contributed by atoms with E-state index >= 15 is 0 Å². The third-order valence-electron chi connectivity index (χ3n) is 3.45. The van der Waals surface area contributed by atoms with Gasteiger partial charge in [0, 0.05) is 18.8 Å². The minimum absolute atomic E-state index is 0.972. The van der Waals surface area contributed by atoms with E-state index < -0.39 is 5.97 Å².